The maximum Gasteiger partial charge on any atom is 0.242 e. The summed E-state index contributed by atoms with van der Waals surface area (Å²) in [7, 11) is 2.19. The largest absolute Gasteiger partial charge is 0.347 e. The molecule has 0 aliphatic carbocycles. The van der Waals surface area contributed by atoms with Crippen LogP contribution in [0.4, 0.5) is 0 Å². The second-order valence-electron chi connectivity index (χ2n) is 9.13. The Morgan fingerprint density at radius 1 is 1.04 bits per heavy atom. The summed E-state index contributed by atoms with van der Waals surface area (Å²) in [5, 5.41) is 1.41. The standard InChI is InChI=1S/C22H29N3O/c1-5-21-11-24-13-22(6-2,20(21)26)14-25(12-21)19(24)18-15(3)23(4)17-10-8-7-9-16(17)18/h7-10,19H,5-6,11-14H2,1-4H3/p+2. The predicted octanol–water partition coefficient (Wildman–Crippen LogP) is 0.658. The van der Waals surface area contributed by atoms with Crippen LogP contribution in [0, 0.1) is 17.8 Å². The van der Waals surface area contributed by atoms with Gasteiger partial charge in [-0.3, -0.25) is 14.6 Å². The molecule has 0 radical (unpaired) electrons. The summed E-state index contributed by atoms with van der Waals surface area (Å²) in [5.41, 5.74) is 4.10. The monoisotopic (exact) mass is 353 g/mol. The summed E-state index contributed by atoms with van der Waals surface area (Å²) in [4.78, 5) is 16.7. The predicted molar refractivity (Wildman–Crippen MR) is 102 cm³/mol. The average Bonchev–Trinajstić information content (AvgIpc) is 2.90. The minimum atomic E-state index is -0.0772. The summed E-state index contributed by atoms with van der Waals surface area (Å²) in [6.07, 6.45) is 2.48. The van der Waals surface area contributed by atoms with Crippen molar-refractivity contribution in [3.8, 4) is 0 Å². The quantitative estimate of drug-likeness (QED) is 0.834. The second-order valence-corrected chi connectivity index (χ2v) is 9.13. The number of carbonyl (C=O) groups is 1. The molecule has 0 unspecified atom stereocenters. The molecule has 26 heavy (non-hydrogen) atoms. The number of nitrogens with zero attached hydrogens (tertiary/aromatic N) is 1. The van der Waals surface area contributed by atoms with Crippen molar-refractivity contribution in [3.05, 3.63) is 35.5 Å². The van der Waals surface area contributed by atoms with Gasteiger partial charge in [0.25, 0.3) is 0 Å². The molecule has 0 saturated carbocycles. The molecular weight excluding hydrogens is 322 g/mol. The first kappa shape index (κ1) is 16.5. The van der Waals surface area contributed by atoms with E-state index in [1.807, 2.05) is 0 Å². The van der Waals surface area contributed by atoms with E-state index < -0.39 is 0 Å². The van der Waals surface area contributed by atoms with E-state index in [4.69, 9.17) is 0 Å². The van der Waals surface area contributed by atoms with E-state index in [1.54, 1.807) is 9.80 Å². The SMILES string of the molecule is CCC12C[NH+]3CC(CC)(C[NH+](C1)C3c1c(C)n(C)c3ccccc13)C2=O. The zero-order valence-corrected chi connectivity index (χ0v) is 16.5. The van der Waals surface area contributed by atoms with Gasteiger partial charge < -0.3 is 4.57 Å². The van der Waals surface area contributed by atoms with Crippen LogP contribution in [0.5, 0.6) is 0 Å². The first-order valence-corrected chi connectivity index (χ1v) is 10.2. The molecule has 4 heteroatoms. The van der Waals surface area contributed by atoms with Gasteiger partial charge in [0.05, 0.1) is 5.56 Å². The molecule has 4 bridgehead atoms. The summed E-state index contributed by atoms with van der Waals surface area (Å²) in [6, 6.07) is 8.84. The molecule has 4 nitrogen and oxygen atoms in total. The molecule has 0 amide bonds. The molecule has 138 valence electrons. The molecule has 1 aromatic carbocycles. The minimum absolute atomic E-state index is 0.0772. The van der Waals surface area contributed by atoms with E-state index in [9.17, 15) is 4.79 Å². The fraction of sp³-hybridized carbons (Fsp3) is 0.591. The third-order valence-corrected chi connectivity index (χ3v) is 8.13. The molecule has 4 aliphatic rings. The van der Waals surface area contributed by atoms with Crippen LogP contribution in [0.25, 0.3) is 10.9 Å². The number of quaternary nitrogens is 2. The van der Waals surface area contributed by atoms with E-state index in [0.717, 1.165) is 39.0 Å². The van der Waals surface area contributed by atoms with Crippen LogP contribution in [-0.4, -0.2) is 36.5 Å². The molecule has 0 atom stereocenters. The van der Waals surface area contributed by atoms with Gasteiger partial charge in [0, 0.05) is 23.6 Å². The van der Waals surface area contributed by atoms with E-state index in [-0.39, 0.29) is 10.8 Å². The van der Waals surface area contributed by atoms with Crippen molar-refractivity contribution < 1.29 is 14.6 Å². The maximum atomic E-state index is 13.4. The van der Waals surface area contributed by atoms with Crippen LogP contribution >= 0.6 is 0 Å². The van der Waals surface area contributed by atoms with Crippen LogP contribution in [0.1, 0.15) is 44.1 Å². The van der Waals surface area contributed by atoms with Crippen LogP contribution in [-0.2, 0) is 11.8 Å². The molecule has 0 spiro atoms. The van der Waals surface area contributed by atoms with Crippen LogP contribution in [0.3, 0.4) is 0 Å². The van der Waals surface area contributed by atoms with E-state index in [1.165, 1.54) is 22.2 Å². The summed E-state index contributed by atoms with van der Waals surface area (Å²) >= 11 is 0. The third-order valence-electron chi connectivity index (χ3n) is 8.13. The fourth-order valence-electron chi connectivity index (χ4n) is 6.71. The van der Waals surface area contributed by atoms with Gasteiger partial charge in [-0.05, 0) is 25.8 Å². The minimum Gasteiger partial charge on any atom is -0.347 e. The van der Waals surface area contributed by atoms with Gasteiger partial charge in [-0.15, -0.1) is 0 Å². The number of aromatic nitrogens is 1. The van der Waals surface area contributed by atoms with E-state index >= 15 is 0 Å². The lowest BCUT2D eigenvalue weighted by molar-refractivity contribution is -1.18. The first-order chi connectivity index (χ1) is 12.5. The Morgan fingerprint density at radius 2 is 1.58 bits per heavy atom. The van der Waals surface area contributed by atoms with Gasteiger partial charge >= 0.3 is 0 Å². The van der Waals surface area contributed by atoms with E-state index in [2.05, 4.69) is 56.7 Å². The summed E-state index contributed by atoms with van der Waals surface area (Å²) in [6.45, 7) is 10.9. The maximum absolute atomic E-state index is 13.4. The number of benzene rings is 1. The van der Waals surface area contributed by atoms with Crippen molar-refractivity contribution in [2.24, 2.45) is 17.9 Å². The number of fused-ring (bicyclic) bond motifs is 1. The highest BCUT2D eigenvalue weighted by Crippen LogP contribution is 2.41. The average molecular weight is 354 g/mol. The number of nitrogens with one attached hydrogen (secondary N) is 2. The normalized spacial score (nSPS) is 38.5. The van der Waals surface area contributed by atoms with Gasteiger partial charge in [-0.25, -0.2) is 0 Å². The lowest BCUT2D eigenvalue weighted by Crippen LogP contribution is -3.41. The number of carbonyl (C=O) groups excluding carboxylic acids is 1. The number of hydrogen-bond donors (Lipinski definition) is 2. The first-order valence-electron chi connectivity index (χ1n) is 10.2. The molecule has 4 fully saturated rings. The van der Waals surface area contributed by atoms with Crippen molar-refractivity contribution in [2.45, 2.75) is 39.8 Å². The van der Waals surface area contributed by atoms with Crippen LogP contribution in [0.2, 0.25) is 0 Å². The van der Waals surface area contributed by atoms with Crippen LogP contribution in [0.15, 0.2) is 24.3 Å². The van der Waals surface area contributed by atoms with Gasteiger partial charge in [-0.2, -0.15) is 0 Å². The number of rotatable bonds is 3. The van der Waals surface area contributed by atoms with Gasteiger partial charge in [-0.1, -0.05) is 32.0 Å². The van der Waals surface area contributed by atoms with Gasteiger partial charge in [0.15, 0.2) is 5.78 Å². The smallest absolute Gasteiger partial charge is 0.242 e. The number of para-hydroxylation sites is 1. The number of Topliss-reactive ketones (excluding diaryl/α,β-unsaturated/α-hetero) is 1. The third kappa shape index (κ3) is 1.79. The highest BCUT2D eigenvalue weighted by molar-refractivity contribution is 5.92. The second kappa shape index (κ2) is 5.20. The Labute approximate surface area is 155 Å². The Hall–Kier alpha value is -1.65. The lowest BCUT2D eigenvalue weighted by Gasteiger charge is -2.60. The van der Waals surface area contributed by atoms with Gasteiger partial charge in [0.2, 0.25) is 6.17 Å². The topological polar surface area (TPSA) is 30.9 Å². The van der Waals surface area contributed by atoms with Gasteiger partial charge in [0.1, 0.15) is 37.0 Å². The number of aryl methyl sites for hydroxylation is 1. The molecule has 2 aromatic rings. The molecule has 5 heterocycles. The summed E-state index contributed by atoms with van der Waals surface area (Å²) < 4.78 is 2.35. The zero-order chi connectivity index (χ0) is 18.3. The zero-order valence-electron chi connectivity index (χ0n) is 16.5. The van der Waals surface area contributed by atoms with Crippen molar-refractivity contribution in [1.82, 2.24) is 4.57 Å². The Morgan fingerprint density at radius 3 is 2.12 bits per heavy atom. The van der Waals surface area contributed by atoms with Crippen molar-refractivity contribution >= 4 is 16.7 Å². The molecule has 4 aliphatic heterocycles. The number of hydrogen-bond acceptors (Lipinski definition) is 1. The molecule has 4 saturated heterocycles. The van der Waals surface area contributed by atoms with Crippen molar-refractivity contribution in [1.29, 1.82) is 0 Å². The lowest BCUT2D eigenvalue weighted by atomic mass is 9.58. The molecule has 6 rings (SSSR count). The van der Waals surface area contributed by atoms with Crippen molar-refractivity contribution in [3.63, 3.8) is 0 Å². The fourth-order valence-corrected chi connectivity index (χ4v) is 6.71. The Balaban J connectivity index is 1.67. The number of piperidine rings is 2. The summed E-state index contributed by atoms with van der Waals surface area (Å²) in [5.74, 6) is 0.593. The molecular formula is C22H31N3O+2. The highest BCUT2D eigenvalue weighted by Gasteiger charge is 2.70. The van der Waals surface area contributed by atoms with E-state index in [0.29, 0.717) is 11.9 Å². The molecule has 2 N–H and O–H groups in total. The number of ketones is 1. The Kier molecular flexibility index (Phi) is 3.31. The Bertz CT molecular complexity index is 869. The van der Waals surface area contributed by atoms with Crippen LogP contribution < -0.4 is 9.80 Å². The highest BCUT2D eigenvalue weighted by atomic mass is 16.1. The molecule has 1 aromatic heterocycles. The van der Waals surface area contributed by atoms with Crippen molar-refractivity contribution in [2.75, 3.05) is 26.2 Å².